The van der Waals surface area contributed by atoms with Gasteiger partial charge in [-0.05, 0) is 20.3 Å². The molecule has 0 aliphatic heterocycles. The SMILES string of the molecule is C=CCCOCCNC(C)C(C)O. The van der Waals surface area contributed by atoms with Gasteiger partial charge in [0.1, 0.15) is 0 Å². The lowest BCUT2D eigenvalue weighted by Crippen LogP contribution is -2.37. The van der Waals surface area contributed by atoms with Crippen LogP contribution in [-0.4, -0.2) is 37.0 Å². The van der Waals surface area contributed by atoms with E-state index < -0.39 is 0 Å². The van der Waals surface area contributed by atoms with Crippen LogP contribution in [0.2, 0.25) is 0 Å². The van der Waals surface area contributed by atoms with E-state index in [1.54, 1.807) is 6.92 Å². The van der Waals surface area contributed by atoms with Gasteiger partial charge in [0.15, 0.2) is 0 Å². The second-order valence-corrected chi connectivity index (χ2v) is 3.17. The highest BCUT2D eigenvalue weighted by molar-refractivity contribution is 4.66. The Morgan fingerprint density at radius 3 is 2.69 bits per heavy atom. The Morgan fingerprint density at radius 1 is 1.46 bits per heavy atom. The highest BCUT2D eigenvalue weighted by Gasteiger charge is 2.05. The van der Waals surface area contributed by atoms with Gasteiger partial charge in [-0.25, -0.2) is 0 Å². The van der Waals surface area contributed by atoms with Gasteiger partial charge in [0.2, 0.25) is 0 Å². The first-order valence-electron chi connectivity index (χ1n) is 4.78. The third kappa shape index (κ3) is 7.96. The second-order valence-electron chi connectivity index (χ2n) is 3.17. The standard InChI is InChI=1S/C10H21NO2/c1-4-5-7-13-8-6-11-9(2)10(3)12/h4,9-12H,1,5-8H2,2-3H3. The van der Waals surface area contributed by atoms with Crippen molar-refractivity contribution in [2.24, 2.45) is 0 Å². The molecule has 0 spiro atoms. The van der Waals surface area contributed by atoms with Crippen molar-refractivity contribution in [1.29, 1.82) is 0 Å². The first-order valence-corrected chi connectivity index (χ1v) is 4.78. The van der Waals surface area contributed by atoms with Crippen molar-refractivity contribution >= 4 is 0 Å². The van der Waals surface area contributed by atoms with Crippen LogP contribution in [0.3, 0.4) is 0 Å². The zero-order valence-corrected chi connectivity index (χ0v) is 8.62. The van der Waals surface area contributed by atoms with Crippen LogP contribution in [0, 0.1) is 0 Å². The van der Waals surface area contributed by atoms with E-state index in [4.69, 9.17) is 9.84 Å². The highest BCUT2D eigenvalue weighted by atomic mass is 16.5. The summed E-state index contributed by atoms with van der Waals surface area (Å²) < 4.78 is 5.29. The van der Waals surface area contributed by atoms with Crippen LogP contribution >= 0.6 is 0 Å². The van der Waals surface area contributed by atoms with Crippen molar-refractivity contribution in [2.75, 3.05) is 19.8 Å². The minimum atomic E-state index is -0.312. The summed E-state index contributed by atoms with van der Waals surface area (Å²) in [4.78, 5) is 0. The molecule has 2 unspecified atom stereocenters. The number of aliphatic hydroxyl groups is 1. The van der Waals surface area contributed by atoms with Crippen molar-refractivity contribution in [3.05, 3.63) is 12.7 Å². The van der Waals surface area contributed by atoms with Crippen LogP contribution < -0.4 is 5.32 Å². The normalized spacial score (nSPS) is 15.3. The fourth-order valence-electron chi connectivity index (χ4n) is 0.798. The third-order valence-corrected chi connectivity index (χ3v) is 1.90. The number of hydrogen-bond donors (Lipinski definition) is 2. The van der Waals surface area contributed by atoms with E-state index >= 15 is 0 Å². The summed E-state index contributed by atoms with van der Waals surface area (Å²) in [7, 11) is 0. The summed E-state index contributed by atoms with van der Waals surface area (Å²) in [5.74, 6) is 0. The van der Waals surface area contributed by atoms with E-state index in [1.807, 2.05) is 13.0 Å². The van der Waals surface area contributed by atoms with Crippen LogP contribution in [0.1, 0.15) is 20.3 Å². The summed E-state index contributed by atoms with van der Waals surface area (Å²) in [6.45, 7) is 9.52. The fraction of sp³-hybridized carbons (Fsp3) is 0.800. The van der Waals surface area contributed by atoms with Gasteiger partial charge < -0.3 is 15.2 Å². The summed E-state index contributed by atoms with van der Waals surface area (Å²) in [5, 5.41) is 12.3. The van der Waals surface area contributed by atoms with Crippen molar-refractivity contribution in [1.82, 2.24) is 5.32 Å². The Balaban J connectivity index is 3.11. The van der Waals surface area contributed by atoms with E-state index in [2.05, 4.69) is 11.9 Å². The molecule has 0 heterocycles. The Bertz CT molecular complexity index is 126. The molecule has 2 N–H and O–H groups in total. The smallest absolute Gasteiger partial charge is 0.0662 e. The molecule has 0 aromatic carbocycles. The number of hydrogen-bond acceptors (Lipinski definition) is 3. The van der Waals surface area contributed by atoms with Crippen LogP contribution in [0.5, 0.6) is 0 Å². The molecule has 0 aliphatic rings. The van der Waals surface area contributed by atoms with Crippen molar-refractivity contribution in [3.8, 4) is 0 Å². The average molecular weight is 187 g/mol. The van der Waals surface area contributed by atoms with Crippen LogP contribution in [-0.2, 0) is 4.74 Å². The minimum absolute atomic E-state index is 0.128. The fourth-order valence-corrected chi connectivity index (χ4v) is 0.798. The van der Waals surface area contributed by atoms with Gasteiger partial charge in [-0.3, -0.25) is 0 Å². The van der Waals surface area contributed by atoms with Gasteiger partial charge in [-0.15, -0.1) is 6.58 Å². The predicted molar refractivity (Wildman–Crippen MR) is 54.8 cm³/mol. The second kappa shape index (κ2) is 8.23. The van der Waals surface area contributed by atoms with Crippen molar-refractivity contribution in [3.63, 3.8) is 0 Å². The first-order chi connectivity index (χ1) is 6.18. The van der Waals surface area contributed by atoms with Gasteiger partial charge in [0, 0.05) is 12.6 Å². The maximum atomic E-state index is 9.15. The third-order valence-electron chi connectivity index (χ3n) is 1.90. The molecule has 13 heavy (non-hydrogen) atoms. The van der Waals surface area contributed by atoms with Gasteiger partial charge in [0.05, 0.1) is 19.3 Å². The Hall–Kier alpha value is -0.380. The predicted octanol–water partition coefficient (Wildman–Crippen LogP) is 0.938. The molecule has 0 fully saturated rings. The number of rotatable bonds is 8. The average Bonchev–Trinajstić information content (AvgIpc) is 2.10. The molecule has 0 aromatic heterocycles. The minimum Gasteiger partial charge on any atom is -0.392 e. The largest absolute Gasteiger partial charge is 0.392 e. The summed E-state index contributed by atoms with van der Waals surface area (Å²) in [6.07, 6.45) is 2.42. The Kier molecular flexibility index (Phi) is 7.99. The lowest BCUT2D eigenvalue weighted by Gasteiger charge is -2.16. The molecule has 2 atom stereocenters. The lowest BCUT2D eigenvalue weighted by atomic mass is 10.2. The topological polar surface area (TPSA) is 41.5 Å². The molecule has 0 rings (SSSR count). The summed E-state index contributed by atoms with van der Waals surface area (Å²) in [5.41, 5.74) is 0. The number of aliphatic hydroxyl groups excluding tert-OH is 1. The summed E-state index contributed by atoms with van der Waals surface area (Å²) >= 11 is 0. The van der Waals surface area contributed by atoms with E-state index in [1.165, 1.54) is 0 Å². The lowest BCUT2D eigenvalue weighted by molar-refractivity contribution is 0.120. The Labute approximate surface area is 80.8 Å². The molecule has 0 amide bonds. The molecule has 0 aliphatic carbocycles. The molecule has 78 valence electrons. The van der Waals surface area contributed by atoms with Crippen LogP contribution in [0.25, 0.3) is 0 Å². The Morgan fingerprint density at radius 2 is 2.15 bits per heavy atom. The van der Waals surface area contributed by atoms with E-state index in [0.29, 0.717) is 6.61 Å². The first kappa shape index (κ1) is 12.6. The van der Waals surface area contributed by atoms with Gasteiger partial charge in [0.25, 0.3) is 0 Å². The molecule has 3 heteroatoms. The molecule has 0 radical (unpaired) electrons. The van der Waals surface area contributed by atoms with Gasteiger partial charge in [-0.2, -0.15) is 0 Å². The van der Waals surface area contributed by atoms with Gasteiger partial charge in [-0.1, -0.05) is 6.08 Å². The maximum Gasteiger partial charge on any atom is 0.0662 e. The monoisotopic (exact) mass is 187 g/mol. The van der Waals surface area contributed by atoms with Crippen molar-refractivity contribution in [2.45, 2.75) is 32.4 Å². The van der Waals surface area contributed by atoms with Crippen molar-refractivity contribution < 1.29 is 9.84 Å². The number of nitrogens with one attached hydrogen (secondary N) is 1. The quantitative estimate of drug-likeness (QED) is 0.439. The molecule has 0 aromatic rings. The zero-order chi connectivity index (χ0) is 10.1. The molecular formula is C10H21NO2. The van der Waals surface area contributed by atoms with E-state index in [0.717, 1.165) is 19.6 Å². The van der Waals surface area contributed by atoms with E-state index in [9.17, 15) is 0 Å². The molecule has 0 bridgehead atoms. The highest BCUT2D eigenvalue weighted by Crippen LogP contribution is 1.89. The molecule has 3 nitrogen and oxygen atoms in total. The zero-order valence-electron chi connectivity index (χ0n) is 8.62. The van der Waals surface area contributed by atoms with Crippen LogP contribution in [0.4, 0.5) is 0 Å². The van der Waals surface area contributed by atoms with Gasteiger partial charge >= 0.3 is 0 Å². The van der Waals surface area contributed by atoms with E-state index in [-0.39, 0.29) is 12.1 Å². The molecule has 0 saturated heterocycles. The van der Waals surface area contributed by atoms with Crippen LogP contribution in [0.15, 0.2) is 12.7 Å². The molecule has 0 saturated carbocycles. The number of ether oxygens (including phenoxy) is 1. The maximum absolute atomic E-state index is 9.15. The summed E-state index contributed by atoms with van der Waals surface area (Å²) in [6, 6.07) is 0.128. The molecular weight excluding hydrogens is 166 g/mol.